The number of amidine groups is 1. The number of thiocarbonyl (C=S) groups is 1. The Hall–Kier alpha value is -1.33. The monoisotopic (exact) mass is 253 g/mol. The van der Waals surface area contributed by atoms with E-state index in [0.29, 0.717) is 16.0 Å². The first-order valence-corrected chi connectivity index (χ1v) is 5.44. The van der Waals surface area contributed by atoms with Crippen LogP contribution in [0.3, 0.4) is 0 Å². The highest BCUT2D eigenvalue weighted by Crippen LogP contribution is 2.12. The van der Waals surface area contributed by atoms with Gasteiger partial charge in [-0.2, -0.15) is 0 Å². The largest absolute Gasteiger partial charge is 0.240 e. The molecule has 1 radical (unpaired) electrons. The smallest absolute Gasteiger partial charge is 0.212 e. The molecular weight excluding hydrogens is 244 g/mol. The number of nitrogens with zero attached hydrogens (tertiary/aromatic N) is 4. The van der Waals surface area contributed by atoms with Crippen molar-refractivity contribution in [3.63, 3.8) is 0 Å². The Labute approximate surface area is 104 Å². The van der Waals surface area contributed by atoms with Gasteiger partial charge in [0.05, 0.1) is 0 Å². The van der Waals surface area contributed by atoms with Crippen molar-refractivity contribution in [1.82, 2.24) is 15.4 Å². The van der Waals surface area contributed by atoms with Crippen molar-refractivity contribution in [2.24, 2.45) is 5.10 Å². The highest BCUT2D eigenvalue weighted by molar-refractivity contribution is 7.80. The fourth-order valence-electron chi connectivity index (χ4n) is 1.31. The molecule has 0 fully saturated rings. The molecule has 4 nitrogen and oxygen atoms in total. The van der Waals surface area contributed by atoms with Gasteiger partial charge in [0, 0.05) is 24.7 Å². The molecule has 2 rings (SSSR count). The molecule has 1 aromatic carbocycles. The van der Waals surface area contributed by atoms with Crippen LogP contribution in [-0.4, -0.2) is 35.1 Å². The number of halogens is 1. The standard InChI is InChI=1S/C10H10ClN4S/c1-14-10(16)15(2)13-9(12-14)7-3-5-8(11)6-4-7/h3-6H,1-2H3. The third-order valence-electron chi connectivity index (χ3n) is 2.15. The molecule has 6 heteroatoms. The predicted molar refractivity (Wildman–Crippen MR) is 68.2 cm³/mol. The van der Waals surface area contributed by atoms with Gasteiger partial charge in [-0.3, -0.25) is 0 Å². The number of benzene rings is 1. The van der Waals surface area contributed by atoms with Crippen molar-refractivity contribution < 1.29 is 0 Å². The molecule has 0 amide bonds. The van der Waals surface area contributed by atoms with Crippen LogP contribution < -0.4 is 5.43 Å². The van der Waals surface area contributed by atoms with Crippen molar-refractivity contribution >= 4 is 34.8 Å². The Kier molecular flexibility index (Phi) is 2.98. The van der Waals surface area contributed by atoms with E-state index in [9.17, 15) is 0 Å². The first kappa shape index (κ1) is 11.2. The lowest BCUT2D eigenvalue weighted by Crippen LogP contribution is -2.48. The van der Waals surface area contributed by atoms with Crippen LogP contribution in [0.2, 0.25) is 5.02 Å². The third kappa shape index (κ3) is 2.10. The molecule has 83 valence electrons. The summed E-state index contributed by atoms with van der Waals surface area (Å²) in [4.78, 5) is 0. The lowest BCUT2D eigenvalue weighted by molar-refractivity contribution is 0.346. The summed E-state index contributed by atoms with van der Waals surface area (Å²) in [6.45, 7) is 0. The van der Waals surface area contributed by atoms with E-state index in [2.05, 4.69) is 10.5 Å². The zero-order valence-electron chi connectivity index (χ0n) is 8.88. The van der Waals surface area contributed by atoms with Crippen molar-refractivity contribution in [1.29, 1.82) is 0 Å². The second kappa shape index (κ2) is 4.27. The summed E-state index contributed by atoms with van der Waals surface area (Å²) < 4.78 is 0. The van der Waals surface area contributed by atoms with Crippen LogP contribution >= 0.6 is 23.8 Å². The molecule has 0 unspecified atom stereocenters. The lowest BCUT2D eigenvalue weighted by Gasteiger charge is -2.29. The van der Waals surface area contributed by atoms with E-state index in [1.807, 2.05) is 24.3 Å². The second-order valence-electron chi connectivity index (χ2n) is 3.36. The Morgan fingerprint density at radius 1 is 1.12 bits per heavy atom. The molecule has 0 aromatic heterocycles. The van der Waals surface area contributed by atoms with E-state index < -0.39 is 0 Å². The minimum absolute atomic E-state index is 0.567. The molecule has 0 bridgehead atoms. The Morgan fingerprint density at radius 3 is 2.31 bits per heavy atom. The summed E-state index contributed by atoms with van der Waals surface area (Å²) in [5.74, 6) is 0.621. The van der Waals surface area contributed by atoms with Gasteiger partial charge in [0.2, 0.25) is 5.11 Å². The fourth-order valence-corrected chi connectivity index (χ4v) is 1.52. The van der Waals surface area contributed by atoms with E-state index >= 15 is 0 Å². The fraction of sp³-hybridized carbons (Fsp3) is 0.200. The topological polar surface area (TPSA) is 32.9 Å². The van der Waals surface area contributed by atoms with Gasteiger partial charge < -0.3 is 0 Å². The van der Waals surface area contributed by atoms with Crippen LogP contribution in [0.25, 0.3) is 0 Å². The molecule has 0 saturated carbocycles. The van der Waals surface area contributed by atoms with Crippen LogP contribution in [0.5, 0.6) is 0 Å². The molecule has 1 aliphatic rings. The number of rotatable bonds is 1. The van der Waals surface area contributed by atoms with Crippen LogP contribution in [0.1, 0.15) is 5.56 Å². The molecule has 0 saturated heterocycles. The summed E-state index contributed by atoms with van der Waals surface area (Å²) in [7, 11) is 3.59. The van der Waals surface area contributed by atoms with Gasteiger partial charge in [0.15, 0.2) is 5.84 Å². The maximum Gasteiger partial charge on any atom is 0.212 e. The summed E-state index contributed by atoms with van der Waals surface area (Å²) in [6.07, 6.45) is 0. The molecule has 1 aromatic rings. The first-order valence-electron chi connectivity index (χ1n) is 4.65. The molecule has 0 N–H and O–H groups in total. The maximum atomic E-state index is 5.82. The predicted octanol–water partition coefficient (Wildman–Crippen LogP) is 1.68. The molecule has 0 atom stereocenters. The van der Waals surface area contributed by atoms with Gasteiger partial charge in [-0.25, -0.2) is 10.0 Å². The van der Waals surface area contributed by atoms with Crippen molar-refractivity contribution in [2.75, 3.05) is 14.1 Å². The summed E-state index contributed by atoms with van der Waals surface area (Å²) in [6, 6.07) is 7.37. The molecule has 0 aliphatic carbocycles. The average molecular weight is 254 g/mol. The molecule has 0 spiro atoms. The van der Waals surface area contributed by atoms with Gasteiger partial charge in [-0.15, -0.1) is 10.5 Å². The Morgan fingerprint density at radius 2 is 1.75 bits per heavy atom. The molecule has 1 heterocycles. The zero-order valence-corrected chi connectivity index (χ0v) is 10.5. The molecule has 1 aliphatic heterocycles. The van der Waals surface area contributed by atoms with Crippen LogP contribution in [0.4, 0.5) is 0 Å². The van der Waals surface area contributed by atoms with Gasteiger partial charge in [-0.05, 0) is 36.5 Å². The van der Waals surface area contributed by atoms with Crippen LogP contribution in [-0.2, 0) is 0 Å². The van der Waals surface area contributed by atoms with Crippen LogP contribution in [0.15, 0.2) is 29.4 Å². The second-order valence-corrected chi connectivity index (χ2v) is 4.16. The quantitative estimate of drug-likeness (QED) is 0.714. The lowest BCUT2D eigenvalue weighted by atomic mass is 10.2. The highest BCUT2D eigenvalue weighted by atomic mass is 35.5. The maximum absolute atomic E-state index is 5.82. The van der Waals surface area contributed by atoms with E-state index in [0.717, 1.165) is 5.56 Å². The van der Waals surface area contributed by atoms with Gasteiger partial charge in [0.25, 0.3) is 0 Å². The van der Waals surface area contributed by atoms with Crippen molar-refractivity contribution in [3.8, 4) is 0 Å². The third-order valence-corrected chi connectivity index (χ3v) is 2.93. The highest BCUT2D eigenvalue weighted by Gasteiger charge is 2.20. The Bertz CT molecular complexity index is 443. The number of hydrogen-bond donors (Lipinski definition) is 0. The van der Waals surface area contributed by atoms with E-state index in [4.69, 9.17) is 23.8 Å². The van der Waals surface area contributed by atoms with E-state index in [1.165, 1.54) is 0 Å². The SMILES string of the molecule is CN1[N]C(c2ccc(Cl)cc2)=NN(C)C1=S. The zero-order chi connectivity index (χ0) is 11.7. The Balaban J connectivity index is 2.31. The number of hydrazone groups is 1. The van der Waals surface area contributed by atoms with E-state index in [-0.39, 0.29) is 0 Å². The average Bonchev–Trinajstić information content (AvgIpc) is 2.26. The van der Waals surface area contributed by atoms with Crippen molar-refractivity contribution in [2.45, 2.75) is 0 Å². The summed E-state index contributed by atoms with van der Waals surface area (Å²) in [5.41, 5.74) is 5.18. The van der Waals surface area contributed by atoms with Gasteiger partial charge in [0.1, 0.15) is 0 Å². The van der Waals surface area contributed by atoms with Gasteiger partial charge >= 0.3 is 0 Å². The first-order chi connectivity index (χ1) is 7.58. The van der Waals surface area contributed by atoms with Gasteiger partial charge in [-0.1, -0.05) is 11.6 Å². The molecule has 16 heavy (non-hydrogen) atoms. The normalized spacial score (nSPS) is 15.9. The van der Waals surface area contributed by atoms with Crippen LogP contribution in [0, 0.1) is 0 Å². The molecular formula is C10H10ClN4S. The van der Waals surface area contributed by atoms with Crippen molar-refractivity contribution in [3.05, 3.63) is 34.9 Å². The van der Waals surface area contributed by atoms with E-state index in [1.54, 1.807) is 24.1 Å². The minimum Gasteiger partial charge on any atom is -0.240 e. The summed E-state index contributed by atoms with van der Waals surface area (Å²) >= 11 is 10.9. The summed E-state index contributed by atoms with van der Waals surface area (Å²) in [5, 5.41) is 8.76. The number of hydrogen-bond acceptors (Lipinski definition) is 2. The minimum atomic E-state index is 0.567.